The van der Waals surface area contributed by atoms with Gasteiger partial charge in [-0.1, -0.05) is 98.9 Å². The van der Waals surface area contributed by atoms with Gasteiger partial charge in [0.2, 0.25) is 5.96 Å². The number of hydrogen-bond donors (Lipinski definition) is 16. The van der Waals surface area contributed by atoms with Gasteiger partial charge < -0.3 is 91.3 Å². The summed E-state index contributed by atoms with van der Waals surface area (Å²) in [4.78, 5) is 34.9. The number of hydrogen-bond acceptors (Lipinski definition) is 21. The van der Waals surface area contributed by atoms with E-state index in [9.17, 15) is 76.1 Å². The Hall–Kier alpha value is -4.49. The third-order valence-electron chi connectivity index (χ3n) is 13.3. The molecule has 0 aliphatic carbocycles. The number of carbonyl (C=O) groups is 2. The average Bonchev–Trinajstić information content (AvgIpc) is 3.36. The molecule has 0 radical (unpaired) electrons. The minimum Gasteiger partial charge on any atom is -0.462 e. The molecule has 3 heterocycles. The van der Waals surface area contributed by atoms with Crippen molar-refractivity contribution < 1.29 is 99.9 Å². The van der Waals surface area contributed by atoms with E-state index < -0.39 is 172 Å². The third kappa shape index (κ3) is 23.4. The van der Waals surface area contributed by atoms with Crippen LogP contribution >= 0.6 is 0 Å². The molecule has 2 bridgehead atoms. The van der Waals surface area contributed by atoms with Gasteiger partial charge in [0.1, 0.15) is 30.5 Å². The number of cyclic esters (lactones) is 1. The lowest BCUT2D eigenvalue weighted by atomic mass is 9.87. The SMILES string of the molecule is CC1OC(=O)C[C@H](O)C[C@H](O)CC[C@@H](O)[C@H](O)C[C@H](O)C[C@]2(O)C[C@H](O)[C@@H](NC(=O)NOC(CO)CO)[C@H](C[C@@H](O[C@@H]3O[C@H](C)[C@@H](O)[C@H](/N=C(\N)N(C)O)[C@@H]3O)/C=C/C=C/C=C/C=C/C=C/C=C/C=C/[C@H](C)[C@@H](O)[C@H]1C)O2. The molecular weight excluding hydrogens is 1010 g/mol. The lowest BCUT2D eigenvalue weighted by Gasteiger charge is -2.46. The minimum atomic E-state index is -2.39. The van der Waals surface area contributed by atoms with Crippen molar-refractivity contribution in [3.8, 4) is 0 Å². The van der Waals surface area contributed by atoms with Crippen LogP contribution in [0.1, 0.15) is 79.1 Å². The summed E-state index contributed by atoms with van der Waals surface area (Å²) in [6, 6.07) is -3.86. The molecule has 0 saturated carbocycles. The van der Waals surface area contributed by atoms with Crippen LogP contribution in [0.25, 0.3) is 0 Å². The Balaban J connectivity index is 2.01. The number of urea groups is 1. The Bertz CT molecular complexity index is 2000. The molecule has 25 nitrogen and oxygen atoms in total. The molecule has 0 aromatic carbocycles. The zero-order valence-electron chi connectivity index (χ0n) is 44.3. The second-order valence-electron chi connectivity index (χ2n) is 19.8. The molecule has 1 unspecified atom stereocenters. The van der Waals surface area contributed by atoms with E-state index in [0.717, 1.165) is 0 Å². The molecule has 17 N–H and O–H groups in total. The maximum absolute atomic E-state index is 13.1. The van der Waals surface area contributed by atoms with Gasteiger partial charge >= 0.3 is 12.0 Å². The van der Waals surface area contributed by atoms with Gasteiger partial charge in [0.05, 0.1) is 86.7 Å². The van der Waals surface area contributed by atoms with Gasteiger partial charge in [0.15, 0.2) is 12.1 Å². The van der Waals surface area contributed by atoms with Crippen LogP contribution in [-0.4, -0.2) is 219 Å². The summed E-state index contributed by atoms with van der Waals surface area (Å²) in [6.45, 7) is 5.31. The number of amides is 2. The molecule has 438 valence electrons. The van der Waals surface area contributed by atoms with Crippen molar-refractivity contribution in [1.82, 2.24) is 15.9 Å². The van der Waals surface area contributed by atoms with Gasteiger partial charge in [0.25, 0.3) is 0 Å². The summed E-state index contributed by atoms with van der Waals surface area (Å²) in [6.07, 6.45) is 0.590. The highest BCUT2D eigenvalue weighted by molar-refractivity contribution is 5.76. The standard InChI is InChI=1S/C52H85N5O20/c1-30-18-16-14-12-10-8-6-7-9-11-13-15-17-19-37(75-49-48(69)45(47(68)33(4)74-49)54-50(53)57(5)72)25-42-44(55-51(70)56-77-38(28-58)29-59)41(65)27-52(71,76-42)26-36(62)23-40(64)39(63)21-20-34(60)22-35(61)24-43(66)73-32(3)31(2)46(30)67/h6-19,30-42,44-49,58-65,67-69,71-72H,20-29H2,1-5H3,(H2,53,54)(H2,55,56,70)/b7-6+,10-8+,11-9+,14-12+,15-13+,18-16+,19-17+/t30-,31-,32?,33+,34+,35+,36-,37-,39+,40+,41-,42-,44+,45-,46+,47+,48-,49-,52+/m0/s1. The quantitative estimate of drug-likeness (QED) is 0.0578. The topological polar surface area (TPSA) is 409 Å². The fourth-order valence-electron chi connectivity index (χ4n) is 8.62. The highest BCUT2D eigenvalue weighted by Gasteiger charge is 2.49. The maximum atomic E-state index is 13.1. The predicted molar refractivity (Wildman–Crippen MR) is 277 cm³/mol. The molecule has 3 aliphatic rings. The first-order chi connectivity index (χ1) is 36.4. The van der Waals surface area contributed by atoms with E-state index in [-0.39, 0.29) is 31.6 Å². The molecule has 19 atom stereocenters. The lowest BCUT2D eigenvalue weighted by Crippen LogP contribution is -2.63. The van der Waals surface area contributed by atoms with E-state index in [4.69, 9.17) is 29.5 Å². The number of nitrogens with one attached hydrogen (secondary N) is 2. The molecule has 0 aromatic rings. The number of guanidine groups is 1. The molecule has 77 heavy (non-hydrogen) atoms. The van der Waals surface area contributed by atoms with Crippen LogP contribution in [0.15, 0.2) is 90.1 Å². The summed E-state index contributed by atoms with van der Waals surface area (Å²) >= 11 is 0. The van der Waals surface area contributed by atoms with Gasteiger partial charge in [-0.2, -0.15) is 0 Å². The number of rotatable bonds is 8. The van der Waals surface area contributed by atoms with Crippen molar-refractivity contribution in [2.45, 2.75) is 189 Å². The number of aliphatic imine (C=N–C) groups is 1. The van der Waals surface area contributed by atoms with E-state index in [1.807, 2.05) is 18.5 Å². The number of carbonyl (C=O) groups excluding carboxylic acids is 2. The Morgan fingerprint density at radius 2 is 1.34 bits per heavy atom. The number of allylic oxidation sites excluding steroid dienone is 12. The van der Waals surface area contributed by atoms with Crippen LogP contribution in [0, 0.1) is 11.8 Å². The van der Waals surface area contributed by atoms with Crippen molar-refractivity contribution in [2.75, 3.05) is 20.3 Å². The average molecular weight is 1100 g/mol. The van der Waals surface area contributed by atoms with Crippen molar-refractivity contribution >= 4 is 18.0 Å². The first-order valence-corrected chi connectivity index (χ1v) is 25.8. The van der Waals surface area contributed by atoms with Crippen molar-refractivity contribution in [3.63, 3.8) is 0 Å². The number of hydroxylamine groups is 3. The summed E-state index contributed by atoms with van der Waals surface area (Å²) in [5, 5.41) is 143. The zero-order chi connectivity index (χ0) is 57.4. The molecule has 25 heteroatoms. The third-order valence-corrected chi connectivity index (χ3v) is 13.3. The fourth-order valence-corrected chi connectivity index (χ4v) is 8.62. The van der Waals surface area contributed by atoms with Gasteiger partial charge in [-0.05, 0) is 33.1 Å². The highest BCUT2D eigenvalue weighted by atomic mass is 16.7. The number of nitrogens with two attached hydrogens (primary N) is 1. The van der Waals surface area contributed by atoms with E-state index in [2.05, 4.69) is 10.3 Å². The highest BCUT2D eigenvalue weighted by Crippen LogP contribution is 2.36. The Labute approximate surface area is 449 Å². The number of ether oxygens (including phenoxy) is 4. The summed E-state index contributed by atoms with van der Waals surface area (Å²) in [5.74, 6) is -4.38. The van der Waals surface area contributed by atoms with Crippen molar-refractivity contribution in [1.29, 1.82) is 0 Å². The van der Waals surface area contributed by atoms with E-state index in [1.54, 1.807) is 86.8 Å². The van der Waals surface area contributed by atoms with Crippen LogP contribution in [-0.2, 0) is 28.6 Å². The van der Waals surface area contributed by atoms with Crippen molar-refractivity contribution in [2.24, 2.45) is 22.6 Å². The normalized spacial score (nSPS) is 40.5. The number of aliphatic hydroxyl groups is 12. The smallest absolute Gasteiger partial charge is 0.339 e. The molecule has 0 spiro atoms. The second kappa shape index (κ2) is 33.8. The van der Waals surface area contributed by atoms with Gasteiger partial charge in [-0.3, -0.25) is 14.8 Å². The minimum absolute atomic E-state index is 0.142. The van der Waals surface area contributed by atoms with Crippen LogP contribution in [0.3, 0.4) is 0 Å². The van der Waals surface area contributed by atoms with Crippen LogP contribution in [0.5, 0.6) is 0 Å². The lowest BCUT2D eigenvalue weighted by molar-refractivity contribution is -0.303. The Morgan fingerprint density at radius 3 is 1.92 bits per heavy atom. The Kier molecular flexibility index (Phi) is 29.3. The van der Waals surface area contributed by atoms with Crippen LogP contribution < -0.4 is 16.5 Å². The van der Waals surface area contributed by atoms with Crippen LogP contribution in [0.4, 0.5) is 4.79 Å². The zero-order valence-corrected chi connectivity index (χ0v) is 44.3. The van der Waals surface area contributed by atoms with Crippen molar-refractivity contribution in [3.05, 3.63) is 85.1 Å². The van der Waals surface area contributed by atoms with E-state index >= 15 is 0 Å². The Morgan fingerprint density at radius 1 is 0.753 bits per heavy atom. The molecule has 3 rings (SSSR count). The predicted octanol–water partition coefficient (Wildman–Crippen LogP) is -1.36. The first-order valence-electron chi connectivity index (χ1n) is 25.8. The van der Waals surface area contributed by atoms with E-state index in [0.29, 0.717) is 5.06 Å². The molecule has 2 amide bonds. The molecule has 2 fully saturated rings. The number of aliphatic hydroxyl groups excluding tert-OH is 11. The van der Waals surface area contributed by atoms with Gasteiger partial charge in [0, 0.05) is 44.6 Å². The molecule has 0 aromatic heterocycles. The summed E-state index contributed by atoms with van der Waals surface area (Å²) in [7, 11) is 1.17. The van der Waals surface area contributed by atoms with Gasteiger partial charge in [-0.25, -0.2) is 20.3 Å². The van der Waals surface area contributed by atoms with Crippen LogP contribution in [0.2, 0.25) is 0 Å². The number of nitrogens with zero attached hydrogens (tertiary/aromatic N) is 2. The summed E-state index contributed by atoms with van der Waals surface area (Å²) in [5.41, 5.74) is 7.83. The molecule has 3 aliphatic heterocycles. The summed E-state index contributed by atoms with van der Waals surface area (Å²) < 4.78 is 23.8. The molecule has 2 saturated heterocycles. The van der Waals surface area contributed by atoms with Gasteiger partial charge in [-0.15, -0.1) is 0 Å². The molecular formula is C52H85N5O20. The van der Waals surface area contributed by atoms with E-state index in [1.165, 1.54) is 20.0 Å². The second-order valence-corrected chi connectivity index (χ2v) is 19.8. The monoisotopic (exact) mass is 1100 g/mol. The first kappa shape index (κ1) is 66.8. The fraction of sp³-hybridized carbons (Fsp3) is 0.673. The number of esters is 1. The maximum Gasteiger partial charge on any atom is 0.339 e. The number of fused-ring (bicyclic) bond motifs is 2. The largest absolute Gasteiger partial charge is 0.462 e.